The molecule has 0 bridgehead atoms. The lowest BCUT2D eigenvalue weighted by Gasteiger charge is -2.26. The smallest absolute Gasteiger partial charge is 0.250 e. The molecular formula is C17H20ClN5O. The molecule has 1 heterocycles. The number of hydrogen-bond acceptors (Lipinski definition) is 4. The van der Waals surface area contributed by atoms with Crippen LogP contribution in [-0.2, 0) is 11.3 Å². The summed E-state index contributed by atoms with van der Waals surface area (Å²) in [6.07, 6.45) is 6.48. The van der Waals surface area contributed by atoms with E-state index < -0.39 is 0 Å². The van der Waals surface area contributed by atoms with Crippen LogP contribution in [0.2, 0.25) is 5.02 Å². The number of carbonyl (C=O) groups excluding carboxylic acids is 1. The fraction of sp³-hybridized carbons (Fsp3) is 0.412. The van der Waals surface area contributed by atoms with E-state index >= 15 is 0 Å². The number of carbonyl (C=O) groups is 1. The van der Waals surface area contributed by atoms with E-state index in [2.05, 4.69) is 21.5 Å². The van der Waals surface area contributed by atoms with Crippen molar-refractivity contribution in [3.8, 4) is 11.4 Å². The molecule has 0 N–H and O–H groups in total. The van der Waals surface area contributed by atoms with Gasteiger partial charge >= 0.3 is 0 Å². The zero-order valence-electron chi connectivity index (χ0n) is 13.7. The van der Waals surface area contributed by atoms with Gasteiger partial charge in [-0.3, -0.25) is 4.79 Å². The van der Waals surface area contributed by atoms with Gasteiger partial charge in [0.05, 0.1) is 5.02 Å². The minimum Gasteiger partial charge on any atom is -0.315 e. The molecule has 0 saturated heterocycles. The van der Waals surface area contributed by atoms with Gasteiger partial charge in [-0.1, -0.05) is 29.8 Å². The molecule has 0 atom stereocenters. The maximum atomic E-state index is 12.6. The molecule has 6 nitrogen and oxygen atoms in total. The van der Waals surface area contributed by atoms with Gasteiger partial charge in [-0.2, -0.15) is 4.80 Å². The van der Waals surface area contributed by atoms with Crippen molar-refractivity contribution in [3.05, 3.63) is 41.1 Å². The predicted molar refractivity (Wildman–Crippen MR) is 92.2 cm³/mol. The number of halogens is 1. The summed E-state index contributed by atoms with van der Waals surface area (Å²) in [7, 11) is 0. The van der Waals surface area contributed by atoms with Crippen LogP contribution in [0, 0.1) is 0 Å². The molecule has 1 amide bonds. The molecule has 0 aliphatic heterocycles. The highest BCUT2D eigenvalue weighted by Gasteiger charge is 2.19. The fourth-order valence-corrected chi connectivity index (χ4v) is 3.09. The van der Waals surface area contributed by atoms with Crippen molar-refractivity contribution < 1.29 is 4.79 Å². The Kier molecular flexibility index (Phi) is 5.25. The van der Waals surface area contributed by atoms with Crippen LogP contribution in [0.25, 0.3) is 11.4 Å². The van der Waals surface area contributed by atoms with Crippen LogP contribution in [0.4, 0.5) is 0 Å². The van der Waals surface area contributed by atoms with Crippen molar-refractivity contribution in [2.75, 3.05) is 6.54 Å². The largest absolute Gasteiger partial charge is 0.315 e. The van der Waals surface area contributed by atoms with Crippen LogP contribution in [-0.4, -0.2) is 37.6 Å². The van der Waals surface area contributed by atoms with Crippen LogP contribution >= 0.6 is 11.6 Å². The van der Waals surface area contributed by atoms with Crippen LogP contribution in [0.15, 0.2) is 36.0 Å². The van der Waals surface area contributed by atoms with Crippen molar-refractivity contribution >= 4 is 17.5 Å². The number of aromatic nitrogens is 4. The minimum atomic E-state index is -0.0197. The zero-order chi connectivity index (χ0) is 16.9. The number of tetrazole rings is 1. The van der Waals surface area contributed by atoms with Crippen molar-refractivity contribution in [1.29, 1.82) is 0 Å². The highest BCUT2D eigenvalue weighted by Crippen LogP contribution is 2.24. The Labute approximate surface area is 146 Å². The molecule has 126 valence electrons. The van der Waals surface area contributed by atoms with Gasteiger partial charge < -0.3 is 4.90 Å². The normalized spacial score (nSPS) is 14.3. The molecule has 0 unspecified atom stereocenters. The van der Waals surface area contributed by atoms with Crippen molar-refractivity contribution in [3.63, 3.8) is 0 Å². The molecule has 0 saturated carbocycles. The first-order valence-electron chi connectivity index (χ1n) is 8.21. The fourth-order valence-electron chi connectivity index (χ4n) is 2.87. The Morgan fingerprint density at radius 2 is 2.17 bits per heavy atom. The second kappa shape index (κ2) is 7.57. The number of allylic oxidation sites excluding steroid dienone is 2. The lowest BCUT2D eigenvalue weighted by Crippen LogP contribution is -2.34. The molecular weight excluding hydrogens is 326 g/mol. The quantitative estimate of drug-likeness (QED) is 0.834. The maximum absolute atomic E-state index is 12.6. The second-order valence-corrected chi connectivity index (χ2v) is 6.11. The first kappa shape index (κ1) is 16.6. The molecule has 24 heavy (non-hydrogen) atoms. The highest BCUT2D eigenvalue weighted by atomic mass is 35.5. The first-order chi connectivity index (χ1) is 11.7. The standard InChI is InChI=1S/C17H20ClN5O/c1-2-22(13-8-4-3-5-9-13)16(24)12-23-20-17(19-21-23)14-10-6-7-11-15(14)18/h6-8,10-11H,2-5,9,12H2,1H3. The average Bonchev–Trinajstić information content (AvgIpc) is 3.05. The van der Waals surface area contributed by atoms with E-state index in [0.717, 1.165) is 25.0 Å². The minimum absolute atomic E-state index is 0.0197. The summed E-state index contributed by atoms with van der Waals surface area (Å²) in [6, 6.07) is 7.31. The molecule has 1 aliphatic carbocycles. The van der Waals surface area contributed by atoms with Gasteiger partial charge in [0.15, 0.2) is 0 Å². The Balaban J connectivity index is 1.73. The third-order valence-corrected chi connectivity index (χ3v) is 4.40. The van der Waals surface area contributed by atoms with Gasteiger partial charge in [-0.15, -0.1) is 10.2 Å². The summed E-state index contributed by atoms with van der Waals surface area (Å²) in [4.78, 5) is 15.7. The van der Waals surface area contributed by atoms with E-state index in [0.29, 0.717) is 23.0 Å². The number of hydrogen-bond donors (Lipinski definition) is 0. The summed E-state index contributed by atoms with van der Waals surface area (Å²) in [6.45, 7) is 2.71. The summed E-state index contributed by atoms with van der Waals surface area (Å²) >= 11 is 6.15. The molecule has 1 aliphatic rings. The average molecular weight is 346 g/mol. The summed E-state index contributed by atoms with van der Waals surface area (Å²) < 4.78 is 0. The van der Waals surface area contributed by atoms with Gasteiger partial charge in [-0.05, 0) is 50.0 Å². The lowest BCUT2D eigenvalue weighted by molar-refractivity contribution is -0.130. The highest BCUT2D eigenvalue weighted by molar-refractivity contribution is 6.33. The maximum Gasteiger partial charge on any atom is 0.250 e. The van der Waals surface area contributed by atoms with E-state index in [9.17, 15) is 4.79 Å². The van der Waals surface area contributed by atoms with Gasteiger partial charge in [0.1, 0.15) is 6.54 Å². The van der Waals surface area contributed by atoms with Gasteiger partial charge in [-0.25, -0.2) is 0 Å². The topological polar surface area (TPSA) is 63.9 Å². The zero-order valence-corrected chi connectivity index (χ0v) is 14.4. The third kappa shape index (κ3) is 3.64. The molecule has 2 aromatic rings. The van der Waals surface area contributed by atoms with Gasteiger partial charge in [0.2, 0.25) is 11.7 Å². The van der Waals surface area contributed by atoms with Crippen molar-refractivity contribution in [2.45, 2.75) is 39.2 Å². The molecule has 0 radical (unpaired) electrons. The van der Waals surface area contributed by atoms with Crippen LogP contribution in [0.1, 0.15) is 32.6 Å². The van der Waals surface area contributed by atoms with Gasteiger partial charge in [0, 0.05) is 17.8 Å². The monoisotopic (exact) mass is 345 g/mol. The van der Waals surface area contributed by atoms with E-state index in [1.165, 1.54) is 11.2 Å². The summed E-state index contributed by atoms with van der Waals surface area (Å²) in [5, 5.41) is 12.8. The summed E-state index contributed by atoms with van der Waals surface area (Å²) in [5.74, 6) is 0.405. The molecule has 0 fully saturated rings. The SMILES string of the molecule is CCN(C(=O)Cn1nnc(-c2ccccc2Cl)n1)C1=CCCCC1. The van der Waals surface area contributed by atoms with Gasteiger partial charge in [0.25, 0.3) is 0 Å². The number of likely N-dealkylation sites (N-methyl/N-ethyl adjacent to an activating group) is 1. The number of nitrogens with zero attached hydrogens (tertiary/aromatic N) is 5. The Morgan fingerprint density at radius 3 is 2.88 bits per heavy atom. The Morgan fingerprint density at radius 1 is 1.33 bits per heavy atom. The van der Waals surface area contributed by atoms with E-state index in [-0.39, 0.29) is 12.5 Å². The molecule has 1 aromatic carbocycles. The predicted octanol–water partition coefficient (Wildman–Crippen LogP) is 3.30. The van der Waals surface area contributed by atoms with E-state index in [4.69, 9.17) is 11.6 Å². The van der Waals surface area contributed by atoms with E-state index in [1.807, 2.05) is 30.0 Å². The van der Waals surface area contributed by atoms with Crippen molar-refractivity contribution in [1.82, 2.24) is 25.1 Å². The molecule has 3 rings (SSSR count). The Bertz CT molecular complexity index is 755. The first-order valence-corrected chi connectivity index (χ1v) is 8.59. The van der Waals surface area contributed by atoms with Crippen LogP contribution < -0.4 is 0 Å². The molecule has 1 aromatic heterocycles. The summed E-state index contributed by atoms with van der Waals surface area (Å²) in [5.41, 5.74) is 1.82. The molecule has 0 spiro atoms. The number of amides is 1. The second-order valence-electron chi connectivity index (χ2n) is 5.70. The van der Waals surface area contributed by atoms with Crippen LogP contribution in [0.5, 0.6) is 0 Å². The lowest BCUT2D eigenvalue weighted by atomic mass is 10.0. The third-order valence-electron chi connectivity index (χ3n) is 4.08. The van der Waals surface area contributed by atoms with E-state index in [1.54, 1.807) is 6.07 Å². The Hall–Kier alpha value is -2.21. The molecule has 7 heteroatoms. The van der Waals surface area contributed by atoms with Crippen molar-refractivity contribution in [2.24, 2.45) is 0 Å². The number of benzene rings is 1. The number of rotatable bonds is 5. The van der Waals surface area contributed by atoms with Crippen LogP contribution in [0.3, 0.4) is 0 Å².